The highest BCUT2D eigenvalue weighted by molar-refractivity contribution is 5.60. The topological polar surface area (TPSA) is 57.9 Å². The first-order valence-corrected chi connectivity index (χ1v) is 7.57. The van der Waals surface area contributed by atoms with Gasteiger partial charge in [-0.15, -0.1) is 0 Å². The monoisotopic (exact) mass is 271 g/mol. The van der Waals surface area contributed by atoms with Gasteiger partial charge in [-0.05, 0) is 56.6 Å². The second-order valence-electron chi connectivity index (χ2n) is 5.71. The molecule has 0 amide bonds. The normalized spacial score (nSPS) is 21.3. The van der Waals surface area contributed by atoms with Gasteiger partial charge in [0.15, 0.2) is 0 Å². The van der Waals surface area contributed by atoms with Crippen LogP contribution < -0.4 is 5.32 Å². The zero-order valence-electron chi connectivity index (χ0n) is 12.0. The van der Waals surface area contributed by atoms with E-state index in [-0.39, 0.29) is 6.10 Å². The minimum Gasteiger partial charge on any atom is -0.376 e. The van der Waals surface area contributed by atoms with Crippen molar-refractivity contribution >= 4 is 5.82 Å². The van der Waals surface area contributed by atoms with Crippen LogP contribution >= 0.6 is 0 Å². The van der Waals surface area contributed by atoms with Crippen molar-refractivity contribution in [3.63, 3.8) is 0 Å². The number of hydrogen-bond acceptors (Lipinski definition) is 4. The van der Waals surface area contributed by atoms with Gasteiger partial charge in [0.25, 0.3) is 0 Å². The fourth-order valence-corrected chi connectivity index (χ4v) is 3.28. The second-order valence-corrected chi connectivity index (χ2v) is 5.71. The zero-order valence-corrected chi connectivity index (χ0v) is 12.0. The van der Waals surface area contributed by atoms with Crippen LogP contribution in [0.1, 0.15) is 48.1 Å². The maximum Gasteiger partial charge on any atom is 0.144 e. The van der Waals surface area contributed by atoms with Gasteiger partial charge in [-0.3, -0.25) is 0 Å². The Morgan fingerprint density at radius 2 is 2.10 bits per heavy atom. The van der Waals surface area contributed by atoms with Gasteiger partial charge in [0.1, 0.15) is 11.9 Å². The van der Waals surface area contributed by atoms with Crippen LogP contribution in [0.25, 0.3) is 0 Å². The third kappa shape index (κ3) is 2.51. The molecule has 3 rings (SSSR count). The SMILES string of the molecule is Cc1nc(NC[C@H]2CCCO2)c(C#N)c2c1CCCC2. The van der Waals surface area contributed by atoms with E-state index in [1.54, 1.807) is 0 Å². The molecule has 2 heterocycles. The van der Waals surface area contributed by atoms with Crippen molar-refractivity contribution in [3.8, 4) is 6.07 Å². The smallest absolute Gasteiger partial charge is 0.144 e. The Labute approximate surface area is 120 Å². The first-order chi connectivity index (χ1) is 9.79. The Bertz CT molecular complexity index is 542. The van der Waals surface area contributed by atoms with Crippen molar-refractivity contribution in [2.45, 2.75) is 51.6 Å². The summed E-state index contributed by atoms with van der Waals surface area (Å²) in [6.07, 6.45) is 6.96. The molecule has 106 valence electrons. The van der Waals surface area contributed by atoms with Crippen LogP contribution in [-0.2, 0) is 17.6 Å². The number of rotatable bonds is 3. The fourth-order valence-electron chi connectivity index (χ4n) is 3.28. The number of nitrogens with one attached hydrogen (secondary N) is 1. The summed E-state index contributed by atoms with van der Waals surface area (Å²) in [5.74, 6) is 0.751. The molecule has 1 aliphatic heterocycles. The van der Waals surface area contributed by atoms with Crippen LogP contribution in [0.4, 0.5) is 5.82 Å². The van der Waals surface area contributed by atoms with E-state index in [1.165, 1.54) is 24.0 Å². The first-order valence-electron chi connectivity index (χ1n) is 7.57. The quantitative estimate of drug-likeness (QED) is 0.918. The van der Waals surface area contributed by atoms with Crippen LogP contribution in [0.15, 0.2) is 0 Å². The van der Waals surface area contributed by atoms with Crippen molar-refractivity contribution < 1.29 is 4.74 Å². The summed E-state index contributed by atoms with van der Waals surface area (Å²) in [5, 5.41) is 12.8. The van der Waals surface area contributed by atoms with Crippen molar-refractivity contribution in [1.82, 2.24) is 4.98 Å². The maximum atomic E-state index is 9.50. The highest BCUT2D eigenvalue weighted by atomic mass is 16.5. The maximum absolute atomic E-state index is 9.50. The van der Waals surface area contributed by atoms with Crippen LogP contribution in [0, 0.1) is 18.3 Å². The van der Waals surface area contributed by atoms with Crippen molar-refractivity contribution in [2.75, 3.05) is 18.5 Å². The summed E-state index contributed by atoms with van der Waals surface area (Å²) in [6, 6.07) is 2.36. The lowest BCUT2D eigenvalue weighted by Gasteiger charge is -2.21. The van der Waals surface area contributed by atoms with E-state index in [2.05, 4.69) is 23.3 Å². The Morgan fingerprint density at radius 3 is 2.80 bits per heavy atom. The highest BCUT2D eigenvalue weighted by Gasteiger charge is 2.21. The first kappa shape index (κ1) is 13.4. The molecule has 1 aliphatic carbocycles. The molecule has 4 nitrogen and oxygen atoms in total. The predicted octanol–water partition coefficient (Wildman–Crippen LogP) is 2.73. The lowest BCUT2D eigenvalue weighted by molar-refractivity contribution is 0.120. The Hall–Kier alpha value is -1.60. The molecule has 0 bridgehead atoms. The summed E-state index contributed by atoms with van der Waals surface area (Å²) in [6.45, 7) is 3.66. The fraction of sp³-hybridized carbons (Fsp3) is 0.625. The molecule has 1 fully saturated rings. The summed E-state index contributed by atoms with van der Waals surface area (Å²) >= 11 is 0. The molecule has 0 radical (unpaired) electrons. The molecule has 1 atom stereocenters. The molecule has 0 unspecified atom stereocenters. The van der Waals surface area contributed by atoms with Gasteiger partial charge in [0.05, 0.1) is 11.7 Å². The second kappa shape index (κ2) is 5.80. The molecule has 0 aromatic carbocycles. The molecule has 1 saturated heterocycles. The molecular weight excluding hydrogens is 250 g/mol. The van der Waals surface area contributed by atoms with Gasteiger partial charge in [-0.25, -0.2) is 4.98 Å². The van der Waals surface area contributed by atoms with Gasteiger partial charge in [-0.2, -0.15) is 5.26 Å². The van der Waals surface area contributed by atoms with E-state index in [0.29, 0.717) is 0 Å². The van der Waals surface area contributed by atoms with E-state index >= 15 is 0 Å². The number of nitriles is 1. The average Bonchev–Trinajstić information content (AvgIpc) is 2.99. The third-order valence-electron chi connectivity index (χ3n) is 4.36. The number of pyridine rings is 1. The molecule has 4 heteroatoms. The molecule has 0 saturated carbocycles. The molecule has 1 N–H and O–H groups in total. The predicted molar refractivity (Wildman–Crippen MR) is 77.8 cm³/mol. The van der Waals surface area contributed by atoms with E-state index in [0.717, 1.165) is 55.9 Å². The highest BCUT2D eigenvalue weighted by Crippen LogP contribution is 2.30. The standard InChI is InChI=1S/C16H21N3O/c1-11-13-6-2-3-7-14(13)15(9-17)16(19-11)18-10-12-5-4-8-20-12/h12H,2-8,10H2,1H3,(H,18,19)/t12-/m1/s1. The number of fused-ring (bicyclic) bond motifs is 1. The van der Waals surface area contributed by atoms with Crippen LogP contribution in [0.5, 0.6) is 0 Å². The Morgan fingerprint density at radius 1 is 1.30 bits per heavy atom. The summed E-state index contributed by atoms with van der Waals surface area (Å²) in [4.78, 5) is 4.63. The van der Waals surface area contributed by atoms with Crippen molar-refractivity contribution in [1.29, 1.82) is 5.26 Å². The number of aryl methyl sites for hydroxylation is 1. The number of hydrogen-bond donors (Lipinski definition) is 1. The lowest BCUT2D eigenvalue weighted by atomic mass is 9.88. The molecular formula is C16H21N3O. The molecule has 1 aromatic heterocycles. The summed E-state index contributed by atoms with van der Waals surface area (Å²) in [5.41, 5.74) is 4.35. The summed E-state index contributed by atoms with van der Waals surface area (Å²) < 4.78 is 5.62. The lowest BCUT2D eigenvalue weighted by Crippen LogP contribution is -2.21. The van der Waals surface area contributed by atoms with Gasteiger partial charge in [0, 0.05) is 18.8 Å². The van der Waals surface area contributed by atoms with Crippen LogP contribution in [-0.4, -0.2) is 24.2 Å². The van der Waals surface area contributed by atoms with Gasteiger partial charge in [-0.1, -0.05) is 0 Å². The van der Waals surface area contributed by atoms with Crippen LogP contribution in [0.2, 0.25) is 0 Å². The Kier molecular flexibility index (Phi) is 3.88. The number of ether oxygens (including phenoxy) is 1. The average molecular weight is 271 g/mol. The molecule has 20 heavy (non-hydrogen) atoms. The minimum absolute atomic E-state index is 0.264. The van der Waals surface area contributed by atoms with E-state index in [9.17, 15) is 5.26 Å². The minimum atomic E-state index is 0.264. The summed E-state index contributed by atoms with van der Waals surface area (Å²) in [7, 11) is 0. The van der Waals surface area contributed by atoms with E-state index < -0.39 is 0 Å². The van der Waals surface area contributed by atoms with E-state index in [1.807, 2.05) is 0 Å². The molecule has 1 aromatic rings. The third-order valence-corrected chi connectivity index (χ3v) is 4.36. The van der Waals surface area contributed by atoms with Crippen molar-refractivity contribution in [3.05, 3.63) is 22.4 Å². The molecule has 2 aliphatic rings. The number of aromatic nitrogens is 1. The largest absolute Gasteiger partial charge is 0.376 e. The zero-order chi connectivity index (χ0) is 13.9. The van der Waals surface area contributed by atoms with Crippen molar-refractivity contribution in [2.24, 2.45) is 0 Å². The van der Waals surface area contributed by atoms with Gasteiger partial charge in [0.2, 0.25) is 0 Å². The Balaban J connectivity index is 1.86. The van der Waals surface area contributed by atoms with Crippen LogP contribution in [0.3, 0.4) is 0 Å². The molecule has 0 spiro atoms. The number of anilines is 1. The van der Waals surface area contributed by atoms with Gasteiger partial charge < -0.3 is 10.1 Å². The van der Waals surface area contributed by atoms with Gasteiger partial charge >= 0.3 is 0 Å². The number of nitrogens with zero attached hydrogens (tertiary/aromatic N) is 2. The van der Waals surface area contributed by atoms with E-state index in [4.69, 9.17) is 4.74 Å².